The smallest absolute Gasteiger partial charge is 0.413 e. The third kappa shape index (κ3) is 5.61. The van der Waals surface area contributed by atoms with Crippen LogP contribution in [0.3, 0.4) is 0 Å². The molecule has 0 saturated carbocycles. The summed E-state index contributed by atoms with van der Waals surface area (Å²) in [4.78, 5) is 28.3. The second-order valence-corrected chi connectivity index (χ2v) is 7.28. The molecular weight excluding hydrogens is 379 g/mol. The number of nitrogens with zero attached hydrogens (tertiary/aromatic N) is 1. The van der Waals surface area contributed by atoms with Crippen molar-refractivity contribution in [1.29, 1.82) is 0 Å². The number of hydrogen-bond donors (Lipinski definition) is 1. The van der Waals surface area contributed by atoms with Crippen molar-refractivity contribution in [3.63, 3.8) is 0 Å². The molecule has 1 N–H and O–H groups in total. The highest BCUT2D eigenvalue weighted by Crippen LogP contribution is 2.28. The molecule has 0 radical (unpaired) electrons. The van der Waals surface area contributed by atoms with E-state index in [1.54, 1.807) is 39.0 Å². The van der Waals surface area contributed by atoms with E-state index in [1.807, 2.05) is 0 Å². The van der Waals surface area contributed by atoms with Crippen molar-refractivity contribution in [3.8, 4) is 11.3 Å². The van der Waals surface area contributed by atoms with E-state index < -0.39 is 17.7 Å². The zero-order chi connectivity index (χ0) is 19.5. The van der Waals surface area contributed by atoms with Gasteiger partial charge >= 0.3 is 12.1 Å². The van der Waals surface area contributed by atoms with Gasteiger partial charge in [0.15, 0.2) is 0 Å². The van der Waals surface area contributed by atoms with E-state index in [-0.39, 0.29) is 11.4 Å². The van der Waals surface area contributed by atoms with Gasteiger partial charge in [0.2, 0.25) is 0 Å². The molecule has 8 heteroatoms. The maximum atomic E-state index is 12.0. The first-order valence-corrected chi connectivity index (χ1v) is 8.40. The van der Waals surface area contributed by atoms with E-state index in [4.69, 9.17) is 32.7 Å². The number of ether oxygens (including phenoxy) is 2. The molecule has 0 saturated heterocycles. The Morgan fingerprint density at radius 3 is 2.19 bits per heavy atom. The van der Waals surface area contributed by atoms with Crippen LogP contribution in [0.4, 0.5) is 10.6 Å². The highest BCUT2D eigenvalue weighted by Gasteiger charge is 2.18. The third-order valence-electron chi connectivity index (χ3n) is 3.03. The Bertz CT molecular complexity index is 827. The first-order chi connectivity index (χ1) is 12.1. The van der Waals surface area contributed by atoms with E-state index >= 15 is 0 Å². The minimum atomic E-state index is -0.693. The number of carbonyl (C=O) groups excluding carboxylic acids is 2. The van der Waals surface area contributed by atoms with Crippen LogP contribution in [0.1, 0.15) is 31.1 Å². The zero-order valence-electron chi connectivity index (χ0n) is 14.7. The number of halogens is 2. The summed E-state index contributed by atoms with van der Waals surface area (Å²) >= 11 is 12.1. The average molecular weight is 397 g/mol. The van der Waals surface area contributed by atoms with Crippen molar-refractivity contribution in [2.24, 2.45) is 0 Å². The number of pyridine rings is 1. The second kappa shape index (κ2) is 7.93. The fourth-order valence-electron chi connectivity index (χ4n) is 2.09. The Hall–Kier alpha value is -2.31. The lowest BCUT2D eigenvalue weighted by molar-refractivity contribution is 0.0596. The largest absolute Gasteiger partial charge is 0.465 e. The number of carbonyl (C=O) groups is 2. The van der Waals surface area contributed by atoms with Crippen molar-refractivity contribution in [2.75, 3.05) is 12.4 Å². The summed E-state index contributed by atoms with van der Waals surface area (Å²) in [6.07, 6.45) is -0.693. The van der Waals surface area contributed by atoms with Gasteiger partial charge in [0, 0.05) is 15.6 Å². The molecular formula is C18H18Cl2N2O4. The Kier molecular flexibility index (Phi) is 6.10. The van der Waals surface area contributed by atoms with Crippen LogP contribution >= 0.6 is 23.2 Å². The minimum Gasteiger partial charge on any atom is -0.465 e. The van der Waals surface area contributed by atoms with Crippen molar-refractivity contribution >= 4 is 41.1 Å². The number of esters is 1. The van der Waals surface area contributed by atoms with Crippen LogP contribution < -0.4 is 5.32 Å². The number of rotatable bonds is 3. The number of hydrogen-bond acceptors (Lipinski definition) is 5. The molecule has 0 bridgehead atoms. The molecule has 6 nitrogen and oxygen atoms in total. The van der Waals surface area contributed by atoms with Gasteiger partial charge in [-0.1, -0.05) is 23.2 Å². The standard InChI is InChI=1S/C18H18Cl2N2O4/c1-18(2,3)26-17(24)22-15-8-11(16(23)25-4)7-14(21-15)10-5-12(19)9-13(20)6-10/h5-9H,1-4H3,(H,21,22,24). The third-order valence-corrected chi connectivity index (χ3v) is 3.47. The summed E-state index contributed by atoms with van der Waals surface area (Å²) < 4.78 is 9.96. The molecule has 1 aromatic heterocycles. The van der Waals surface area contributed by atoms with Gasteiger partial charge in [-0.3, -0.25) is 5.32 Å². The molecule has 2 rings (SSSR count). The fraction of sp³-hybridized carbons (Fsp3) is 0.278. The number of anilines is 1. The first kappa shape index (κ1) is 20.0. The molecule has 1 aromatic carbocycles. The van der Waals surface area contributed by atoms with Gasteiger partial charge in [-0.25, -0.2) is 14.6 Å². The summed E-state index contributed by atoms with van der Waals surface area (Å²) in [5.74, 6) is -0.442. The number of aromatic nitrogens is 1. The molecule has 0 spiro atoms. The molecule has 138 valence electrons. The summed E-state index contributed by atoms with van der Waals surface area (Å²) in [6.45, 7) is 5.22. The van der Waals surface area contributed by atoms with Gasteiger partial charge in [0.1, 0.15) is 11.4 Å². The topological polar surface area (TPSA) is 77.5 Å². The van der Waals surface area contributed by atoms with E-state index in [0.717, 1.165) is 0 Å². The van der Waals surface area contributed by atoms with Gasteiger partial charge in [-0.2, -0.15) is 0 Å². The lowest BCUT2D eigenvalue weighted by Crippen LogP contribution is -2.27. The molecule has 26 heavy (non-hydrogen) atoms. The number of methoxy groups -OCH3 is 1. The van der Waals surface area contributed by atoms with Gasteiger partial charge in [0.05, 0.1) is 18.4 Å². The van der Waals surface area contributed by atoms with Gasteiger partial charge in [0.25, 0.3) is 0 Å². The second-order valence-electron chi connectivity index (χ2n) is 6.40. The lowest BCUT2D eigenvalue weighted by Gasteiger charge is -2.19. The van der Waals surface area contributed by atoms with Gasteiger partial charge in [-0.05, 0) is 51.1 Å². The monoisotopic (exact) mass is 396 g/mol. The molecule has 1 amide bonds. The maximum Gasteiger partial charge on any atom is 0.413 e. The summed E-state index contributed by atoms with van der Waals surface area (Å²) in [6, 6.07) is 7.79. The normalized spacial score (nSPS) is 11.0. The number of nitrogens with one attached hydrogen (secondary N) is 1. The van der Waals surface area contributed by atoms with Crippen molar-refractivity contribution in [3.05, 3.63) is 45.9 Å². The first-order valence-electron chi connectivity index (χ1n) is 7.64. The molecule has 0 unspecified atom stereocenters. The van der Waals surface area contributed by atoms with Crippen molar-refractivity contribution in [2.45, 2.75) is 26.4 Å². The molecule has 0 aliphatic carbocycles. The molecule has 0 atom stereocenters. The predicted molar refractivity (Wildman–Crippen MR) is 101 cm³/mol. The molecule has 1 heterocycles. The molecule has 0 aliphatic rings. The van der Waals surface area contributed by atoms with Crippen LogP contribution in [0.15, 0.2) is 30.3 Å². The van der Waals surface area contributed by atoms with Crippen molar-refractivity contribution in [1.82, 2.24) is 4.98 Å². The zero-order valence-corrected chi connectivity index (χ0v) is 16.2. The van der Waals surface area contributed by atoms with Crippen molar-refractivity contribution < 1.29 is 19.1 Å². The summed E-state index contributed by atoms with van der Waals surface area (Å²) in [5.41, 5.74) is 0.511. The maximum absolute atomic E-state index is 12.0. The van der Waals surface area contributed by atoms with Crippen LogP contribution in [0.25, 0.3) is 11.3 Å². The molecule has 0 aliphatic heterocycles. The Balaban J connectivity index is 2.45. The number of benzene rings is 1. The predicted octanol–water partition coefficient (Wildman–Crippen LogP) is 5.19. The summed E-state index contributed by atoms with van der Waals surface area (Å²) in [5, 5.41) is 3.34. The number of amides is 1. The van der Waals surface area contributed by atoms with Crippen LogP contribution in [0.2, 0.25) is 10.0 Å². The minimum absolute atomic E-state index is 0.133. The molecule has 2 aromatic rings. The quantitative estimate of drug-likeness (QED) is 0.722. The Labute approximate surface area is 161 Å². The highest BCUT2D eigenvalue weighted by atomic mass is 35.5. The van der Waals surface area contributed by atoms with Crippen LogP contribution in [0.5, 0.6) is 0 Å². The average Bonchev–Trinajstić information content (AvgIpc) is 2.50. The van der Waals surface area contributed by atoms with Crippen LogP contribution in [-0.2, 0) is 9.47 Å². The van der Waals surface area contributed by atoms with Gasteiger partial charge in [-0.15, -0.1) is 0 Å². The van der Waals surface area contributed by atoms with E-state index in [9.17, 15) is 9.59 Å². The van der Waals surface area contributed by atoms with Crippen LogP contribution in [-0.4, -0.2) is 29.8 Å². The fourth-order valence-corrected chi connectivity index (χ4v) is 2.61. The van der Waals surface area contributed by atoms with Crippen LogP contribution in [0, 0.1) is 0 Å². The van der Waals surface area contributed by atoms with E-state index in [1.165, 1.54) is 19.2 Å². The Morgan fingerprint density at radius 1 is 1.04 bits per heavy atom. The summed E-state index contributed by atoms with van der Waals surface area (Å²) in [7, 11) is 1.26. The lowest BCUT2D eigenvalue weighted by atomic mass is 10.1. The van der Waals surface area contributed by atoms with E-state index in [0.29, 0.717) is 21.3 Å². The van der Waals surface area contributed by atoms with Gasteiger partial charge < -0.3 is 9.47 Å². The Morgan fingerprint density at radius 2 is 1.65 bits per heavy atom. The highest BCUT2D eigenvalue weighted by molar-refractivity contribution is 6.35. The van der Waals surface area contributed by atoms with E-state index in [2.05, 4.69) is 10.3 Å². The SMILES string of the molecule is COC(=O)c1cc(NC(=O)OC(C)(C)C)nc(-c2cc(Cl)cc(Cl)c2)c1. The molecule has 0 fully saturated rings.